The van der Waals surface area contributed by atoms with E-state index in [4.69, 9.17) is 5.11 Å². The van der Waals surface area contributed by atoms with Crippen LogP contribution in [-0.2, 0) is 0 Å². The van der Waals surface area contributed by atoms with Gasteiger partial charge in [-0.15, -0.1) is 0 Å². The number of carboxylic acid groups (broad SMARTS) is 1. The van der Waals surface area contributed by atoms with Crippen LogP contribution in [0, 0.1) is 5.82 Å². The summed E-state index contributed by atoms with van der Waals surface area (Å²) in [4.78, 5) is 12.6. The first-order valence-corrected chi connectivity index (χ1v) is 6.48. The summed E-state index contributed by atoms with van der Waals surface area (Å²) in [5.41, 5.74) is 1.41. The van der Waals surface area contributed by atoms with E-state index in [-0.39, 0.29) is 5.56 Å². The molecule has 0 spiro atoms. The average molecular weight is 272 g/mol. The van der Waals surface area contributed by atoms with Crippen LogP contribution in [-0.4, -0.2) is 11.1 Å². The quantitative estimate of drug-likeness (QED) is 0.722. The van der Waals surface area contributed by atoms with E-state index in [1.165, 1.54) is 17.8 Å². The van der Waals surface area contributed by atoms with Gasteiger partial charge in [0.1, 0.15) is 5.82 Å². The minimum atomic E-state index is -1.12. The lowest BCUT2D eigenvalue weighted by atomic mass is 10.1. The minimum Gasteiger partial charge on any atom is -0.478 e. The molecule has 0 saturated heterocycles. The zero-order chi connectivity index (χ0) is 13.4. The van der Waals surface area contributed by atoms with E-state index in [9.17, 15) is 9.18 Å². The second kappa shape index (κ2) is 4.55. The van der Waals surface area contributed by atoms with Gasteiger partial charge in [-0.25, -0.2) is 9.18 Å². The van der Waals surface area contributed by atoms with Crippen molar-refractivity contribution in [3.63, 3.8) is 0 Å². The van der Waals surface area contributed by atoms with Gasteiger partial charge >= 0.3 is 5.97 Å². The zero-order valence-corrected chi connectivity index (χ0v) is 10.6. The topological polar surface area (TPSA) is 37.3 Å². The first-order valence-electron chi connectivity index (χ1n) is 5.67. The molecule has 2 aromatic carbocycles. The number of hydrogen-bond donors (Lipinski definition) is 1. The molecule has 1 N–H and O–H groups in total. The Balaban J connectivity index is 2.19. The van der Waals surface area contributed by atoms with Gasteiger partial charge < -0.3 is 5.11 Å². The normalized spacial score (nSPS) is 12.5. The van der Waals surface area contributed by atoms with E-state index >= 15 is 0 Å². The molecule has 94 valence electrons. The summed E-state index contributed by atoms with van der Waals surface area (Å²) in [7, 11) is 0. The number of halogens is 1. The molecule has 0 saturated carbocycles. The van der Waals surface area contributed by atoms with Crippen molar-refractivity contribution in [3.05, 3.63) is 58.9 Å². The van der Waals surface area contributed by atoms with Gasteiger partial charge in [0.15, 0.2) is 0 Å². The first-order chi connectivity index (χ1) is 9.15. The molecule has 0 fully saturated rings. The second-order valence-corrected chi connectivity index (χ2v) is 5.23. The largest absolute Gasteiger partial charge is 0.478 e. The highest BCUT2D eigenvalue weighted by molar-refractivity contribution is 7.99. The third-order valence-corrected chi connectivity index (χ3v) is 4.06. The number of fused-ring (bicyclic) bond motifs is 2. The van der Waals surface area contributed by atoms with E-state index in [1.807, 2.05) is 30.3 Å². The number of rotatable bonds is 1. The fourth-order valence-electron chi connectivity index (χ4n) is 1.97. The van der Waals surface area contributed by atoms with Gasteiger partial charge in [0.05, 0.1) is 5.56 Å². The van der Waals surface area contributed by atoms with E-state index in [2.05, 4.69) is 0 Å². The van der Waals surface area contributed by atoms with Crippen molar-refractivity contribution in [2.24, 2.45) is 0 Å². The lowest BCUT2D eigenvalue weighted by Gasteiger charge is -2.07. The van der Waals surface area contributed by atoms with Crippen LogP contribution in [0.4, 0.5) is 4.39 Å². The summed E-state index contributed by atoms with van der Waals surface area (Å²) in [6, 6.07) is 10.3. The number of carboxylic acids is 1. The first kappa shape index (κ1) is 12.0. The standard InChI is InChI=1S/C15H9FO2S/c16-12-7-10(15(17)18)8-14-11(12)6-5-9-3-1-2-4-13(9)19-14/h1-8H,(H,17,18). The second-order valence-electron chi connectivity index (χ2n) is 4.15. The van der Waals surface area contributed by atoms with E-state index in [0.29, 0.717) is 10.5 Å². The van der Waals surface area contributed by atoms with Gasteiger partial charge in [0.25, 0.3) is 0 Å². The molecule has 1 heterocycles. The summed E-state index contributed by atoms with van der Waals surface area (Å²) in [6.45, 7) is 0. The Kier molecular flexibility index (Phi) is 2.87. The Morgan fingerprint density at radius 2 is 1.89 bits per heavy atom. The van der Waals surface area contributed by atoms with Gasteiger partial charge in [0.2, 0.25) is 0 Å². The Bertz CT molecular complexity index is 707. The molecule has 3 rings (SSSR count). The predicted molar refractivity (Wildman–Crippen MR) is 72.9 cm³/mol. The SMILES string of the molecule is O=C(O)c1cc(F)c2c(c1)Sc1ccccc1C=C2. The number of benzene rings is 2. The van der Waals surface area contributed by atoms with E-state index in [1.54, 1.807) is 6.08 Å². The average Bonchev–Trinajstić information content (AvgIpc) is 2.57. The van der Waals surface area contributed by atoms with Gasteiger partial charge in [-0.05, 0) is 23.8 Å². The monoisotopic (exact) mass is 272 g/mol. The molecule has 0 unspecified atom stereocenters. The van der Waals surface area contributed by atoms with Crippen LogP contribution in [0.15, 0.2) is 46.2 Å². The summed E-state index contributed by atoms with van der Waals surface area (Å²) in [6.07, 6.45) is 3.53. The van der Waals surface area contributed by atoms with E-state index < -0.39 is 11.8 Å². The van der Waals surface area contributed by atoms with Gasteiger partial charge in [0, 0.05) is 15.4 Å². The Labute approximate surface area is 113 Å². The van der Waals surface area contributed by atoms with Crippen molar-refractivity contribution in [2.45, 2.75) is 9.79 Å². The van der Waals surface area contributed by atoms with Crippen LogP contribution in [0.2, 0.25) is 0 Å². The van der Waals surface area contributed by atoms with Gasteiger partial charge in [-0.1, -0.05) is 42.1 Å². The highest BCUT2D eigenvalue weighted by atomic mass is 32.2. The van der Waals surface area contributed by atoms with Crippen molar-refractivity contribution in [3.8, 4) is 0 Å². The van der Waals surface area contributed by atoms with Crippen LogP contribution < -0.4 is 0 Å². The number of aromatic carboxylic acids is 1. The van der Waals surface area contributed by atoms with Crippen LogP contribution in [0.25, 0.3) is 12.2 Å². The third kappa shape index (κ3) is 2.15. The molecule has 0 amide bonds. The van der Waals surface area contributed by atoms with Gasteiger partial charge in [-0.2, -0.15) is 0 Å². The summed E-state index contributed by atoms with van der Waals surface area (Å²) in [5, 5.41) is 8.98. The minimum absolute atomic E-state index is 0.0310. The van der Waals surface area contributed by atoms with E-state index in [0.717, 1.165) is 16.5 Å². The molecular formula is C15H9FO2S. The fourth-order valence-corrected chi connectivity index (χ4v) is 3.06. The van der Waals surface area contributed by atoms with Crippen molar-refractivity contribution in [1.29, 1.82) is 0 Å². The molecule has 4 heteroatoms. The summed E-state index contributed by atoms with van der Waals surface area (Å²) >= 11 is 1.38. The number of carbonyl (C=O) groups is 1. The van der Waals surface area contributed by atoms with Crippen molar-refractivity contribution >= 4 is 29.9 Å². The Morgan fingerprint density at radius 1 is 1.11 bits per heavy atom. The molecule has 0 radical (unpaired) electrons. The molecule has 0 aliphatic carbocycles. The van der Waals surface area contributed by atoms with Gasteiger partial charge in [-0.3, -0.25) is 0 Å². The van der Waals surface area contributed by atoms with Crippen molar-refractivity contribution < 1.29 is 14.3 Å². The molecule has 0 bridgehead atoms. The van der Waals surface area contributed by atoms with Crippen LogP contribution >= 0.6 is 11.8 Å². The van der Waals surface area contributed by atoms with Crippen molar-refractivity contribution in [2.75, 3.05) is 0 Å². The lowest BCUT2D eigenvalue weighted by molar-refractivity contribution is 0.0696. The molecule has 1 aliphatic heterocycles. The van der Waals surface area contributed by atoms with Crippen LogP contribution in [0.1, 0.15) is 21.5 Å². The highest BCUT2D eigenvalue weighted by Crippen LogP contribution is 2.38. The third-order valence-electron chi connectivity index (χ3n) is 2.91. The zero-order valence-electron chi connectivity index (χ0n) is 9.76. The summed E-state index contributed by atoms with van der Waals surface area (Å²) in [5.74, 6) is -1.63. The molecule has 2 aromatic rings. The molecule has 0 atom stereocenters. The maximum absolute atomic E-state index is 14.0. The summed E-state index contributed by atoms with van der Waals surface area (Å²) < 4.78 is 14.0. The van der Waals surface area contributed by atoms with Crippen molar-refractivity contribution in [1.82, 2.24) is 0 Å². The maximum Gasteiger partial charge on any atom is 0.335 e. The molecule has 0 aromatic heterocycles. The number of hydrogen-bond acceptors (Lipinski definition) is 2. The lowest BCUT2D eigenvalue weighted by Crippen LogP contribution is -1.99. The highest BCUT2D eigenvalue weighted by Gasteiger charge is 2.16. The molecular weight excluding hydrogens is 263 g/mol. The molecule has 2 nitrogen and oxygen atoms in total. The van der Waals surface area contributed by atoms with Crippen LogP contribution in [0.5, 0.6) is 0 Å². The van der Waals surface area contributed by atoms with Crippen LogP contribution in [0.3, 0.4) is 0 Å². The Morgan fingerprint density at radius 3 is 2.68 bits per heavy atom. The maximum atomic E-state index is 14.0. The smallest absolute Gasteiger partial charge is 0.335 e. The molecule has 19 heavy (non-hydrogen) atoms. The molecule has 1 aliphatic rings. The fraction of sp³-hybridized carbons (Fsp3) is 0. The Hall–Kier alpha value is -2.07. The predicted octanol–water partition coefficient (Wildman–Crippen LogP) is 4.16.